The minimum absolute atomic E-state index is 0.327. The SMILES string of the molecule is CCOC(=O)c1cccn2cc(C(OCC)OCC)nc12. The summed E-state index contributed by atoms with van der Waals surface area (Å²) in [7, 11) is 0. The number of pyridine rings is 1. The van der Waals surface area contributed by atoms with Gasteiger partial charge in [-0.3, -0.25) is 0 Å². The summed E-state index contributed by atoms with van der Waals surface area (Å²) < 4.78 is 17.9. The molecule has 0 bridgehead atoms. The van der Waals surface area contributed by atoms with Crippen LogP contribution < -0.4 is 0 Å². The number of hydrogen-bond donors (Lipinski definition) is 0. The van der Waals surface area contributed by atoms with Gasteiger partial charge >= 0.3 is 5.97 Å². The van der Waals surface area contributed by atoms with Gasteiger partial charge in [0.15, 0.2) is 5.65 Å². The van der Waals surface area contributed by atoms with E-state index in [0.29, 0.717) is 36.7 Å². The Labute approximate surface area is 123 Å². The van der Waals surface area contributed by atoms with Crippen molar-refractivity contribution in [1.29, 1.82) is 0 Å². The van der Waals surface area contributed by atoms with Crippen LogP contribution >= 0.6 is 0 Å². The molecule has 2 heterocycles. The Kier molecular flexibility index (Phi) is 5.30. The van der Waals surface area contributed by atoms with Crippen LogP contribution in [0.25, 0.3) is 5.65 Å². The Morgan fingerprint density at radius 3 is 2.57 bits per heavy atom. The van der Waals surface area contributed by atoms with Crippen LogP contribution in [0.5, 0.6) is 0 Å². The number of fused-ring (bicyclic) bond motifs is 1. The predicted molar refractivity (Wildman–Crippen MR) is 77.1 cm³/mol. The fraction of sp³-hybridized carbons (Fsp3) is 0.467. The molecule has 0 aliphatic carbocycles. The zero-order valence-electron chi connectivity index (χ0n) is 12.5. The van der Waals surface area contributed by atoms with E-state index in [1.54, 1.807) is 29.7 Å². The number of nitrogens with zero attached hydrogens (tertiary/aromatic N) is 2. The van der Waals surface area contributed by atoms with Crippen LogP contribution in [0.2, 0.25) is 0 Å². The molecule has 0 amide bonds. The fourth-order valence-corrected chi connectivity index (χ4v) is 2.04. The largest absolute Gasteiger partial charge is 0.462 e. The van der Waals surface area contributed by atoms with E-state index in [9.17, 15) is 4.79 Å². The lowest BCUT2D eigenvalue weighted by Crippen LogP contribution is -2.09. The lowest BCUT2D eigenvalue weighted by Gasteiger charge is -2.13. The number of rotatable bonds is 7. The molecule has 0 saturated heterocycles. The molecule has 114 valence electrons. The highest BCUT2D eigenvalue weighted by atomic mass is 16.7. The average Bonchev–Trinajstić information content (AvgIpc) is 2.91. The number of ether oxygens (including phenoxy) is 3. The third-order valence-electron chi connectivity index (χ3n) is 2.87. The maximum Gasteiger partial charge on any atom is 0.341 e. The molecule has 0 aliphatic heterocycles. The predicted octanol–water partition coefficient (Wildman–Crippen LogP) is 2.58. The van der Waals surface area contributed by atoms with Crippen LogP contribution in [0.1, 0.15) is 43.1 Å². The van der Waals surface area contributed by atoms with Crippen LogP contribution in [0.15, 0.2) is 24.5 Å². The van der Waals surface area contributed by atoms with Gasteiger partial charge in [0.25, 0.3) is 0 Å². The van der Waals surface area contributed by atoms with E-state index in [-0.39, 0.29) is 5.97 Å². The minimum atomic E-state index is -0.532. The summed E-state index contributed by atoms with van der Waals surface area (Å²) in [5.74, 6) is -0.385. The summed E-state index contributed by atoms with van der Waals surface area (Å²) in [5.41, 5.74) is 1.60. The summed E-state index contributed by atoms with van der Waals surface area (Å²) >= 11 is 0. The lowest BCUT2D eigenvalue weighted by molar-refractivity contribution is -0.142. The molecule has 2 aromatic heterocycles. The van der Waals surface area contributed by atoms with Crippen LogP contribution in [-0.4, -0.2) is 35.2 Å². The molecule has 0 unspecified atom stereocenters. The Balaban J connectivity index is 2.40. The van der Waals surface area contributed by atoms with E-state index in [2.05, 4.69) is 4.98 Å². The molecule has 0 N–H and O–H groups in total. The van der Waals surface area contributed by atoms with Crippen molar-refractivity contribution in [2.24, 2.45) is 0 Å². The van der Waals surface area contributed by atoms with Crippen LogP contribution in [0, 0.1) is 0 Å². The van der Waals surface area contributed by atoms with Gasteiger partial charge < -0.3 is 18.6 Å². The lowest BCUT2D eigenvalue weighted by atomic mass is 10.3. The monoisotopic (exact) mass is 292 g/mol. The van der Waals surface area contributed by atoms with Gasteiger partial charge in [-0.1, -0.05) is 0 Å². The molecule has 6 nitrogen and oxygen atoms in total. The van der Waals surface area contributed by atoms with Crippen molar-refractivity contribution in [3.8, 4) is 0 Å². The van der Waals surface area contributed by atoms with Gasteiger partial charge in [-0.05, 0) is 32.9 Å². The Morgan fingerprint density at radius 1 is 1.24 bits per heavy atom. The number of carbonyl (C=O) groups excluding carboxylic acids is 1. The molecule has 2 aromatic rings. The first kappa shape index (κ1) is 15.5. The first-order valence-corrected chi connectivity index (χ1v) is 7.09. The summed E-state index contributed by atoms with van der Waals surface area (Å²) in [6.45, 7) is 6.92. The van der Waals surface area contributed by atoms with Crippen LogP contribution in [0.4, 0.5) is 0 Å². The van der Waals surface area contributed by atoms with E-state index in [1.807, 2.05) is 20.0 Å². The van der Waals surface area contributed by atoms with E-state index < -0.39 is 6.29 Å². The van der Waals surface area contributed by atoms with Crippen molar-refractivity contribution >= 4 is 11.6 Å². The van der Waals surface area contributed by atoms with Gasteiger partial charge in [0.2, 0.25) is 6.29 Å². The third kappa shape index (κ3) is 3.40. The summed E-state index contributed by atoms with van der Waals surface area (Å²) in [5, 5.41) is 0. The maximum atomic E-state index is 12.0. The second-order valence-corrected chi connectivity index (χ2v) is 4.28. The van der Waals surface area contributed by atoms with Gasteiger partial charge in [0.1, 0.15) is 11.3 Å². The Morgan fingerprint density at radius 2 is 1.95 bits per heavy atom. The van der Waals surface area contributed by atoms with Crippen molar-refractivity contribution in [2.75, 3.05) is 19.8 Å². The first-order valence-electron chi connectivity index (χ1n) is 7.09. The zero-order chi connectivity index (χ0) is 15.2. The summed E-state index contributed by atoms with van der Waals surface area (Å²) in [6.07, 6.45) is 3.09. The molecular formula is C15H20N2O4. The highest BCUT2D eigenvalue weighted by Gasteiger charge is 2.19. The molecule has 2 rings (SSSR count). The number of esters is 1. The van der Waals surface area contributed by atoms with Gasteiger partial charge in [0, 0.05) is 25.6 Å². The standard InChI is InChI=1S/C15H20N2O4/c1-4-19-14(18)11-8-7-9-17-10-12(16-13(11)17)15(20-5-2)21-6-3/h7-10,15H,4-6H2,1-3H3. The third-order valence-corrected chi connectivity index (χ3v) is 2.87. The van der Waals surface area contributed by atoms with E-state index in [1.165, 1.54) is 0 Å². The van der Waals surface area contributed by atoms with Crippen molar-refractivity contribution in [2.45, 2.75) is 27.1 Å². The molecule has 0 radical (unpaired) electrons. The Hall–Kier alpha value is -1.92. The second-order valence-electron chi connectivity index (χ2n) is 4.28. The van der Waals surface area contributed by atoms with Crippen molar-refractivity contribution in [1.82, 2.24) is 9.38 Å². The average molecular weight is 292 g/mol. The molecule has 0 fully saturated rings. The van der Waals surface area contributed by atoms with Gasteiger partial charge in [-0.25, -0.2) is 9.78 Å². The van der Waals surface area contributed by atoms with Crippen molar-refractivity contribution < 1.29 is 19.0 Å². The Bertz CT molecular complexity index is 603. The molecular weight excluding hydrogens is 272 g/mol. The number of aromatic nitrogens is 2. The molecule has 6 heteroatoms. The quantitative estimate of drug-likeness (QED) is 0.580. The van der Waals surface area contributed by atoms with Crippen LogP contribution in [-0.2, 0) is 14.2 Å². The van der Waals surface area contributed by atoms with Crippen molar-refractivity contribution in [3.63, 3.8) is 0 Å². The van der Waals surface area contributed by atoms with Crippen molar-refractivity contribution in [3.05, 3.63) is 35.8 Å². The highest BCUT2D eigenvalue weighted by molar-refractivity contribution is 5.95. The molecule has 0 aromatic carbocycles. The normalized spacial score (nSPS) is 11.2. The zero-order valence-corrected chi connectivity index (χ0v) is 12.5. The first-order chi connectivity index (χ1) is 10.2. The van der Waals surface area contributed by atoms with Gasteiger partial charge in [-0.2, -0.15) is 0 Å². The minimum Gasteiger partial charge on any atom is -0.462 e. The number of carbonyl (C=O) groups is 1. The molecule has 0 aliphatic rings. The number of hydrogen-bond acceptors (Lipinski definition) is 5. The fourth-order valence-electron chi connectivity index (χ4n) is 2.04. The van der Waals surface area contributed by atoms with E-state index in [0.717, 1.165) is 0 Å². The van der Waals surface area contributed by atoms with Crippen LogP contribution in [0.3, 0.4) is 0 Å². The van der Waals surface area contributed by atoms with E-state index in [4.69, 9.17) is 14.2 Å². The summed E-state index contributed by atoms with van der Waals surface area (Å²) in [6, 6.07) is 3.47. The van der Waals surface area contributed by atoms with Gasteiger partial charge in [0.05, 0.1) is 6.61 Å². The smallest absolute Gasteiger partial charge is 0.341 e. The molecule has 0 saturated carbocycles. The highest BCUT2D eigenvalue weighted by Crippen LogP contribution is 2.21. The summed E-state index contributed by atoms with van der Waals surface area (Å²) in [4.78, 5) is 16.4. The molecule has 0 atom stereocenters. The molecule has 0 spiro atoms. The number of imidazole rings is 1. The van der Waals surface area contributed by atoms with Gasteiger partial charge in [-0.15, -0.1) is 0 Å². The van der Waals surface area contributed by atoms with E-state index >= 15 is 0 Å². The molecule has 21 heavy (non-hydrogen) atoms. The topological polar surface area (TPSA) is 62.1 Å². The second kappa shape index (κ2) is 7.19. The maximum absolute atomic E-state index is 12.0.